The Balaban J connectivity index is 2.12. The maximum atomic E-state index is 5.77. The van der Waals surface area contributed by atoms with E-state index in [0.29, 0.717) is 5.89 Å². The molecule has 0 unspecified atom stereocenters. The van der Waals surface area contributed by atoms with Gasteiger partial charge in [-0.3, -0.25) is 0 Å². The second kappa shape index (κ2) is 4.34. The summed E-state index contributed by atoms with van der Waals surface area (Å²) in [5.41, 5.74) is 3.72. The number of fused-ring (bicyclic) bond motifs is 1. The fraction of sp³-hybridized carbons (Fsp3) is 0.357. The molecule has 2 heterocycles. The minimum atomic E-state index is 0.216. The molecule has 1 aliphatic rings. The van der Waals surface area contributed by atoms with E-state index in [1.54, 1.807) is 12.5 Å². The quantitative estimate of drug-likeness (QED) is 0.792. The number of benzene rings is 1. The van der Waals surface area contributed by atoms with Gasteiger partial charge in [0.15, 0.2) is 0 Å². The second-order valence-corrected chi connectivity index (χ2v) is 4.23. The summed E-state index contributed by atoms with van der Waals surface area (Å²) in [5.74, 6) is 0.707. The van der Waals surface area contributed by atoms with Crippen LogP contribution in [0.2, 0.25) is 0 Å². The van der Waals surface area contributed by atoms with Crippen LogP contribution >= 0.6 is 0 Å². The third-order valence-corrected chi connectivity index (χ3v) is 3.26. The van der Waals surface area contributed by atoms with Gasteiger partial charge in [-0.1, -0.05) is 19.1 Å². The van der Waals surface area contributed by atoms with Gasteiger partial charge in [-0.25, -0.2) is 4.98 Å². The summed E-state index contributed by atoms with van der Waals surface area (Å²) in [5, 5.41) is 0. The smallest absolute Gasteiger partial charge is 0.226 e. The van der Waals surface area contributed by atoms with E-state index >= 15 is 0 Å². The van der Waals surface area contributed by atoms with E-state index < -0.39 is 0 Å². The van der Waals surface area contributed by atoms with Crippen molar-refractivity contribution in [1.82, 2.24) is 4.98 Å². The van der Waals surface area contributed by atoms with E-state index in [0.717, 1.165) is 25.0 Å². The molecule has 0 N–H and O–H groups in total. The summed E-state index contributed by atoms with van der Waals surface area (Å²) in [4.78, 5) is 4.24. The molecule has 0 spiro atoms. The molecule has 0 radical (unpaired) electrons. The monoisotopic (exact) mass is 229 g/mol. The fourth-order valence-electron chi connectivity index (χ4n) is 2.47. The first-order valence-corrected chi connectivity index (χ1v) is 6.03. The summed E-state index contributed by atoms with van der Waals surface area (Å²) < 4.78 is 11.2. The third kappa shape index (κ3) is 1.76. The van der Waals surface area contributed by atoms with Crippen LogP contribution in [-0.2, 0) is 11.2 Å². The topological polar surface area (TPSA) is 35.3 Å². The minimum absolute atomic E-state index is 0.216. The average Bonchev–Trinajstić information content (AvgIpc) is 2.91. The summed E-state index contributed by atoms with van der Waals surface area (Å²) in [6.07, 6.45) is 5.46. The van der Waals surface area contributed by atoms with Gasteiger partial charge < -0.3 is 9.15 Å². The molecule has 1 aliphatic heterocycles. The Morgan fingerprint density at radius 1 is 1.41 bits per heavy atom. The van der Waals surface area contributed by atoms with Gasteiger partial charge in [-0.05, 0) is 30.0 Å². The van der Waals surface area contributed by atoms with Crippen LogP contribution in [0.15, 0.2) is 35.1 Å². The molecular formula is C14H15NO2. The van der Waals surface area contributed by atoms with Crippen molar-refractivity contribution in [2.24, 2.45) is 0 Å². The van der Waals surface area contributed by atoms with Gasteiger partial charge in [0.25, 0.3) is 0 Å². The summed E-state index contributed by atoms with van der Waals surface area (Å²) >= 11 is 0. The number of nitrogens with zero attached hydrogens (tertiary/aromatic N) is 1. The number of rotatable bonds is 2. The predicted molar refractivity (Wildman–Crippen MR) is 64.6 cm³/mol. The van der Waals surface area contributed by atoms with Crippen LogP contribution in [0.1, 0.15) is 30.6 Å². The molecule has 0 saturated carbocycles. The van der Waals surface area contributed by atoms with Crippen molar-refractivity contribution in [3.63, 3.8) is 0 Å². The summed E-state index contributed by atoms with van der Waals surface area (Å²) in [6.45, 7) is 2.93. The zero-order valence-electron chi connectivity index (χ0n) is 9.85. The van der Waals surface area contributed by atoms with Gasteiger partial charge >= 0.3 is 0 Å². The molecule has 88 valence electrons. The van der Waals surface area contributed by atoms with Gasteiger partial charge in [0.2, 0.25) is 5.89 Å². The number of hydrogen-bond acceptors (Lipinski definition) is 3. The molecule has 0 amide bonds. The van der Waals surface area contributed by atoms with Crippen molar-refractivity contribution in [3.05, 3.63) is 41.8 Å². The highest BCUT2D eigenvalue weighted by atomic mass is 16.5. The van der Waals surface area contributed by atoms with E-state index in [1.165, 1.54) is 11.1 Å². The molecule has 3 rings (SSSR count). The first-order chi connectivity index (χ1) is 8.40. The lowest BCUT2D eigenvalue weighted by atomic mass is 9.92. The largest absolute Gasteiger partial charge is 0.445 e. The normalized spacial score (nSPS) is 19.0. The molecule has 3 nitrogen and oxygen atoms in total. The SMILES string of the molecule is CC[C@@H]1OCCc2c(-c3ncco3)cccc21. The molecular weight excluding hydrogens is 214 g/mol. The molecule has 3 heteroatoms. The van der Waals surface area contributed by atoms with Gasteiger partial charge in [-0.15, -0.1) is 0 Å². The van der Waals surface area contributed by atoms with Crippen LogP contribution in [0.4, 0.5) is 0 Å². The van der Waals surface area contributed by atoms with Gasteiger partial charge in [0.05, 0.1) is 18.9 Å². The Bertz CT molecular complexity index is 505. The lowest BCUT2D eigenvalue weighted by Crippen LogP contribution is -2.16. The van der Waals surface area contributed by atoms with Gasteiger partial charge in [-0.2, -0.15) is 0 Å². The summed E-state index contributed by atoms with van der Waals surface area (Å²) in [6, 6.07) is 6.27. The molecule has 1 atom stereocenters. The molecule has 0 bridgehead atoms. The molecule has 0 saturated heterocycles. The molecule has 1 aromatic carbocycles. The predicted octanol–water partition coefficient (Wildman–Crippen LogP) is 3.37. The third-order valence-electron chi connectivity index (χ3n) is 3.26. The van der Waals surface area contributed by atoms with Crippen LogP contribution in [0.5, 0.6) is 0 Å². The minimum Gasteiger partial charge on any atom is -0.445 e. The van der Waals surface area contributed by atoms with Crippen molar-refractivity contribution in [2.75, 3.05) is 6.61 Å². The molecule has 0 fully saturated rings. The Morgan fingerprint density at radius 3 is 3.12 bits per heavy atom. The molecule has 2 aromatic rings. The van der Waals surface area contributed by atoms with Crippen molar-refractivity contribution < 1.29 is 9.15 Å². The highest BCUT2D eigenvalue weighted by Crippen LogP contribution is 2.35. The second-order valence-electron chi connectivity index (χ2n) is 4.23. The lowest BCUT2D eigenvalue weighted by Gasteiger charge is -2.26. The zero-order chi connectivity index (χ0) is 11.7. The lowest BCUT2D eigenvalue weighted by molar-refractivity contribution is 0.0400. The standard InChI is InChI=1S/C14H15NO2/c1-2-13-11-4-3-5-12(10(11)6-8-16-13)14-15-7-9-17-14/h3-5,7,9,13H,2,6,8H2,1H3/t13-/m0/s1. The van der Waals surface area contributed by atoms with Crippen LogP contribution in [0.25, 0.3) is 11.5 Å². The van der Waals surface area contributed by atoms with E-state index in [4.69, 9.17) is 9.15 Å². The van der Waals surface area contributed by atoms with Crippen LogP contribution < -0.4 is 0 Å². The number of hydrogen-bond donors (Lipinski definition) is 0. The maximum absolute atomic E-state index is 5.77. The van der Waals surface area contributed by atoms with Crippen LogP contribution in [0.3, 0.4) is 0 Å². The van der Waals surface area contributed by atoms with Crippen molar-refractivity contribution in [2.45, 2.75) is 25.9 Å². The van der Waals surface area contributed by atoms with Gasteiger partial charge in [0, 0.05) is 5.56 Å². The highest BCUT2D eigenvalue weighted by molar-refractivity contribution is 5.61. The number of aromatic nitrogens is 1. The summed E-state index contributed by atoms with van der Waals surface area (Å²) in [7, 11) is 0. The Kier molecular flexibility index (Phi) is 2.69. The maximum Gasteiger partial charge on any atom is 0.226 e. The molecule has 1 aromatic heterocycles. The highest BCUT2D eigenvalue weighted by Gasteiger charge is 2.22. The van der Waals surface area contributed by atoms with E-state index in [9.17, 15) is 0 Å². The Morgan fingerprint density at radius 2 is 2.35 bits per heavy atom. The number of oxazole rings is 1. The average molecular weight is 229 g/mol. The Labute approximate surface area is 100 Å². The Hall–Kier alpha value is -1.61. The number of ether oxygens (including phenoxy) is 1. The van der Waals surface area contributed by atoms with E-state index in [-0.39, 0.29) is 6.10 Å². The first kappa shape index (κ1) is 10.5. The first-order valence-electron chi connectivity index (χ1n) is 6.03. The van der Waals surface area contributed by atoms with E-state index in [2.05, 4.69) is 30.1 Å². The van der Waals surface area contributed by atoms with Crippen LogP contribution in [0, 0.1) is 0 Å². The van der Waals surface area contributed by atoms with Crippen LogP contribution in [-0.4, -0.2) is 11.6 Å². The van der Waals surface area contributed by atoms with Crippen molar-refractivity contribution in [1.29, 1.82) is 0 Å². The zero-order valence-corrected chi connectivity index (χ0v) is 9.85. The van der Waals surface area contributed by atoms with Gasteiger partial charge in [0.1, 0.15) is 6.26 Å². The van der Waals surface area contributed by atoms with E-state index in [1.807, 2.05) is 0 Å². The van der Waals surface area contributed by atoms with Crippen molar-refractivity contribution in [3.8, 4) is 11.5 Å². The fourth-order valence-corrected chi connectivity index (χ4v) is 2.47. The van der Waals surface area contributed by atoms with Crippen molar-refractivity contribution >= 4 is 0 Å². The molecule has 17 heavy (non-hydrogen) atoms. The molecule has 0 aliphatic carbocycles.